The molecule has 32 heavy (non-hydrogen) atoms. The van der Waals surface area contributed by atoms with Crippen LogP contribution in [-0.4, -0.2) is 37.9 Å². The molecule has 1 aliphatic rings. The van der Waals surface area contributed by atoms with Gasteiger partial charge in [-0.2, -0.15) is 0 Å². The minimum Gasteiger partial charge on any atom is -0.486 e. The second-order valence-electron chi connectivity index (χ2n) is 7.39. The summed E-state index contributed by atoms with van der Waals surface area (Å²) in [6, 6.07) is 9.50. The summed E-state index contributed by atoms with van der Waals surface area (Å²) in [6.45, 7) is 7.55. The van der Waals surface area contributed by atoms with Gasteiger partial charge in [0.25, 0.3) is 0 Å². The topological polar surface area (TPSA) is 60.2 Å². The van der Waals surface area contributed by atoms with Gasteiger partial charge in [0.2, 0.25) is 5.91 Å². The van der Waals surface area contributed by atoms with Gasteiger partial charge in [-0.05, 0) is 54.1 Å². The monoisotopic (exact) mass is 488 g/mol. The van der Waals surface area contributed by atoms with Crippen molar-refractivity contribution in [1.29, 1.82) is 0 Å². The summed E-state index contributed by atoms with van der Waals surface area (Å²) < 4.78 is 7.76. The van der Waals surface area contributed by atoms with Crippen molar-refractivity contribution in [3.05, 3.63) is 69.7 Å². The van der Waals surface area contributed by atoms with Crippen molar-refractivity contribution in [3.63, 3.8) is 0 Å². The molecule has 0 N–H and O–H groups in total. The van der Waals surface area contributed by atoms with E-state index in [1.807, 2.05) is 21.6 Å². The van der Waals surface area contributed by atoms with Gasteiger partial charge in [0.05, 0.1) is 11.8 Å². The Morgan fingerprint density at radius 3 is 2.91 bits per heavy atom. The average Bonchev–Trinajstić information content (AvgIpc) is 3.43. The maximum atomic E-state index is 13.1. The van der Waals surface area contributed by atoms with E-state index in [4.69, 9.17) is 16.3 Å². The van der Waals surface area contributed by atoms with E-state index in [0.717, 1.165) is 19.4 Å². The summed E-state index contributed by atoms with van der Waals surface area (Å²) in [5, 5.41) is 12.1. The molecule has 2 aromatic heterocycles. The molecule has 4 rings (SSSR count). The number of aromatic nitrogens is 3. The van der Waals surface area contributed by atoms with E-state index in [-0.39, 0.29) is 18.6 Å². The smallest absolute Gasteiger partial charge is 0.233 e. The number of carbonyl (C=O) groups is 1. The second kappa shape index (κ2) is 10.6. The number of halogens is 1. The van der Waals surface area contributed by atoms with Crippen LogP contribution in [0.25, 0.3) is 0 Å². The molecule has 1 unspecified atom stereocenters. The van der Waals surface area contributed by atoms with Gasteiger partial charge < -0.3 is 9.64 Å². The average molecular weight is 489 g/mol. The molecule has 1 atom stereocenters. The maximum Gasteiger partial charge on any atom is 0.233 e. The van der Waals surface area contributed by atoms with Crippen LogP contribution >= 0.6 is 34.7 Å². The SMILES string of the molecule is C=CCn1c(COc2ccc(Cl)cc2)nnc1SCC(=O)N1CCc2sccc2C1CC. The Labute approximate surface area is 201 Å². The molecule has 3 heterocycles. The number of fused-ring (bicyclic) bond motifs is 1. The number of thiophene rings is 1. The Kier molecular flexibility index (Phi) is 7.55. The first-order valence-electron chi connectivity index (χ1n) is 10.5. The van der Waals surface area contributed by atoms with Crippen LogP contribution in [0.5, 0.6) is 5.75 Å². The van der Waals surface area contributed by atoms with Crippen molar-refractivity contribution in [3.8, 4) is 5.75 Å². The molecule has 0 saturated heterocycles. The number of allylic oxidation sites excluding steroid dienone is 1. The summed E-state index contributed by atoms with van der Waals surface area (Å²) in [6.07, 6.45) is 3.63. The predicted molar refractivity (Wildman–Crippen MR) is 129 cm³/mol. The van der Waals surface area contributed by atoms with Gasteiger partial charge in [0.15, 0.2) is 11.0 Å². The van der Waals surface area contributed by atoms with Crippen molar-refractivity contribution in [2.45, 2.75) is 44.1 Å². The quantitative estimate of drug-likeness (QED) is 0.298. The summed E-state index contributed by atoms with van der Waals surface area (Å²) in [5.41, 5.74) is 1.30. The van der Waals surface area contributed by atoms with Crippen LogP contribution in [-0.2, 0) is 24.4 Å². The molecule has 1 aliphatic heterocycles. The van der Waals surface area contributed by atoms with Crippen LogP contribution < -0.4 is 4.74 Å². The van der Waals surface area contributed by atoms with Gasteiger partial charge in [0, 0.05) is 23.0 Å². The second-order valence-corrected chi connectivity index (χ2v) is 9.77. The molecule has 6 nitrogen and oxygen atoms in total. The molecular weight excluding hydrogens is 464 g/mol. The zero-order valence-electron chi connectivity index (χ0n) is 17.9. The lowest BCUT2D eigenvalue weighted by Crippen LogP contribution is -2.40. The summed E-state index contributed by atoms with van der Waals surface area (Å²) in [7, 11) is 0. The fourth-order valence-corrected chi connectivity index (χ4v) is 5.77. The summed E-state index contributed by atoms with van der Waals surface area (Å²) >= 11 is 9.12. The maximum absolute atomic E-state index is 13.1. The first kappa shape index (κ1) is 22.9. The number of amides is 1. The molecule has 3 aromatic rings. The Morgan fingerprint density at radius 2 is 2.16 bits per heavy atom. The molecule has 0 fully saturated rings. The van der Waals surface area contributed by atoms with Crippen LogP contribution in [0.2, 0.25) is 5.02 Å². The Balaban J connectivity index is 1.41. The van der Waals surface area contributed by atoms with Gasteiger partial charge in [-0.1, -0.05) is 36.4 Å². The summed E-state index contributed by atoms with van der Waals surface area (Å²) in [5.74, 6) is 1.84. The van der Waals surface area contributed by atoms with Crippen molar-refractivity contribution >= 4 is 40.6 Å². The highest BCUT2D eigenvalue weighted by Gasteiger charge is 2.30. The van der Waals surface area contributed by atoms with Crippen molar-refractivity contribution in [2.24, 2.45) is 0 Å². The number of thioether (sulfide) groups is 1. The van der Waals surface area contributed by atoms with Gasteiger partial charge in [-0.15, -0.1) is 28.1 Å². The van der Waals surface area contributed by atoms with E-state index in [9.17, 15) is 4.79 Å². The van der Waals surface area contributed by atoms with Crippen LogP contribution in [0, 0.1) is 0 Å². The molecule has 0 aliphatic carbocycles. The third kappa shape index (κ3) is 5.03. The van der Waals surface area contributed by atoms with E-state index in [0.29, 0.717) is 34.1 Å². The minimum absolute atomic E-state index is 0.130. The number of nitrogens with zero attached hydrogens (tertiary/aromatic N) is 4. The third-order valence-corrected chi connectivity index (χ3v) is 7.61. The number of hydrogen-bond acceptors (Lipinski definition) is 6. The lowest BCUT2D eigenvalue weighted by Gasteiger charge is -2.35. The van der Waals surface area contributed by atoms with Gasteiger partial charge in [-0.25, -0.2) is 0 Å². The number of ether oxygens (including phenoxy) is 1. The number of rotatable bonds is 9. The summed E-state index contributed by atoms with van der Waals surface area (Å²) in [4.78, 5) is 16.5. The molecule has 1 aromatic carbocycles. The van der Waals surface area contributed by atoms with Crippen LogP contribution in [0.3, 0.4) is 0 Å². The fourth-order valence-electron chi connectivity index (χ4n) is 3.87. The van der Waals surface area contributed by atoms with Crippen LogP contribution in [0.4, 0.5) is 0 Å². The van der Waals surface area contributed by atoms with E-state index in [2.05, 4.69) is 35.1 Å². The first-order chi connectivity index (χ1) is 15.6. The van der Waals surface area contributed by atoms with Crippen molar-refractivity contribution in [1.82, 2.24) is 19.7 Å². The minimum atomic E-state index is 0.130. The molecule has 9 heteroatoms. The molecule has 1 amide bonds. The molecule has 0 radical (unpaired) electrons. The van der Waals surface area contributed by atoms with E-state index in [1.54, 1.807) is 29.5 Å². The van der Waals surface area contributed by atoms with E-state index < -0.39 is 0 Å². The molecular formula is C23H25ClN4O2S2. The number of benzene rings is 1. The van der Waals surface area contributed by atoms with Crippen molar-refractivity contribution in [2.75, 3.05) is 12.3 Å². The standard InChI is InChI=1S/C23H25ClN4O2S2/c1-3-11-28-21(14-30-17-7-5-16(24)6-8-17)25-26-23(28)32-15-22(29)27-12-9-20-18(10-13-31-20)19(27)4-2/h3,5-8,10,13,19H,1,4,9,11-12,14-15H2,2H3. The highest BCUT2D eigenvalue weighted by molar-refractivity contribution is 7.99. The lowest BCUT2D eigenvalue weighted by molar-refractivity contribution is -0.131. The Morgan fingerprint density at radius 1 is 1.34 bits per heavy atom. The van der Waals surface area contributed by atoms with Gasteiger partial charge >= 0.3 is 0 Å². The fraction of sp³-hybridized carbons (Fsp3) is 0.348. The predicted octanol–water partition coefficient (Wildman–Crippen LogP) is 5.39. The third-order valence-electron chi connectivity index (χ3n) is 5.41. The van der Waals surface area contributed by atoms with Gasteiger partial charge in [-0.3, -0.25) is 9.36 Å². The zero-order valence-corrected chi connectivity index (χ0v) is 20.3. The Hall–Kier alpha value is -2.29. The highest BCUT2D eigenvalue weighted by atomic mass is 35.5. The van der Waals surface area contributed by atoms with Crippen LogP contribution in [0.1, 0.15) is 35.7 Å². The molecule has 0 saturated carbocycles. The lowest BCUT2D eigenvalue weighted by atomic mass is 9.98. The van der Waals surface area contributed by atoms with E-state index in [1.165, 1.54) is 22.2 Å². The Bertz CT molecular complexity index is 1080. The van der Waals surface area contributed by atoms with Crippen molar-refractivity contribution < 1.29 is 9.53 Å². The number of hydrogen-bond donors (Lipinski definition) is 0. The van der Waals surface area contributed by atoms with Crippen LogP contribution in [0.15, 0.2) is 53.5 Å². The molecule has 0 bridgehead atoms. The highest BCUT2D eigenvalue weighted by Crippen LogP contribution is 2.35. The number of carbonyl (C=O) groups excluding carboxylic acids is 1. The van der Waals surface area contributed by atoms with Gasteiger partial charge in [0.1, 0.15) is 12.4 Å². The normalized spacial score (nSPS) is 15.4. The first-order valence-corrected chi connectivity index (χ1v) is 12.7. The zero-order chi connectivity index (χ0) is 22.5. The molecule has 168 valence electrons. The van der Waals surface area contributed by atoms with E-state index >= 15 is 0 Å². The molecule has 0 spiro atoms. The largest absolute Gasteiger partial charge is 0.486 e.